The van der Waals surface area contributed by atoms with Crippen LogP contribution >= 0.6 is 0 Å². The van der Waals surface area contributed by atoms with Crippen LogP contribution in [0.25, 0.3) is 0 Å². The van der Waals surface area contributed by atoms with E-state index in [1.807, 2.05) is 74.5 Å². The highest BCUT2D eigenvalue weighted by Gasteiger charge is 2.04. The Labute approximate surface area is 165 Å². The van der Waals surface area contributed by atoms with Gasteiger partial charge in [-0.15, -0.1) is 0 Å². The number of rotatable bonds is 7. The highest BCUT2D eigenvalue weighted by molar-refractivity contribution is 5.88. The van der Waals surface area contributed by atoms with Crippen molar-refractivity contribution in [3.8, 4) is 5.75 Å². The van der Waals surface area contributed by atoms with Gasteiger partial charge in [0.05, 0.1) is 11.9 Å². The average Bonchev–Trinajstić information content (AvgIpc) is 2.69. The molecular weight excluding hydrogens is 352 g/mol. The molecule has 6 heteroatoms. The molecule has 0 radical (unpaired) electrons. The first-order valence-corrected chi connectivity index (χ1v) is 9.16. The Kier molecular flexibility index (Phi) is 6.46. The van der Waals surface area contributed by atoms with Crippen molar-refractivity contribution in [3.63, 3.8) is 0 Å². The van der Waals surface area contributed by atoms with Gasteiger partial charge >= 0.3 is 6.03 Å². The summed E-state index contributed by atoms with van der Waals surface area (Å²) in [4.78, 5) is 15.9. The van der Waals surface area contributed by atoms with Gasteiger partial charge in [-0.25, -0.2) is 9.78 Å². The summed E-state index contributed by atoms with van der Waals surface area (Å²) in [6.07, 6.45) is 1.67. The highest BCUT2D eigenvalue weighted by atomic mass is 16.5. The molecule has 0 saturated heterocycles. The van der Waals surface area contributed by atoms with E-state index in [1.165, 1.54) is 0 Å². The van der Waals surface area contributed by atoms with Crippen molar-refractivity contribution in [2.24, 2.45) is 0 Å². The molecule has 0 fully saturated rings. The molecular formula is C22H24N4O2. The minimum Gasteiger partial charge on any atom is -0.489 e. The third-order valence-electron chi connectivity index (χ3n) is 3.82. The zero-order chi connectivity index (χ0) is 19.8. The lowest BCUT2D eigenvalue weighted by atomic mass is 10.2. The molecule has 1 heterocycles. The maximum Gasteiger partial charge on any atom is 0.320 e. The van der Waals surface area contributed by atoms with Crippen LogP contribution in [0.1, 0.15) is 19.4 Å². The molecule has 1 aromatic heterocycles. The number of urea groups is 1. The highest BCUT2D eigenvalue weighted by Crippen LogP contribution is 2.21. The number of carbonyl (C=O) groups excluding carboxylic acids is 1. The van der Waals surface area contributed by atoms with Gasteiger partial charge in [-0.05, 0) is 55.8 Å². The van der Waals surface area contributed by atoms with Crippen molar-refractivity contribution >= 4 is 23.2 Å². The molecule has 0 bridgehead atoms. The Morgan fingerprint density at radius 2 is 1.68 bits per heavy atom. The number of hydrogen-bond acceptors (Lipinski definition) is 4. The molecule has 0 atom stereocenters. The number of benzene rings is 2. The van der Waals surface area contributed by atoms with E-state index in [0.29, 0.717) is 12.4 Å². The summed E-state index contributed by atoms with van der Waals surface area (Å²) in [7, 11) is 0. The van der Waals surface area contributed by atoms with Crippen molar-refractivity contribution < 1.29 is 9.53 Å². The summed E-state index contributed by atoms with van der Waals surface area (Å²) in [5, 5.41) is 8.72. The second-order valence-electron chi connectivity index (χ2n) is 6.61. The molecule has 0 aliphatic carbocycles. The summed E-state index contributed by atoms with van der Waals surface area (Å²) in [5.41, 5.74) is 2.88. The lowest BCUT2D eigenvalue weighted by Crippen LogP contribution is -2.34. The van der Waals surface area contributed by atoms with Crippen LogP contribution in [0.2, 0.25) is 0 Å². The van der Waals surface area contributed by atoms with Gasteiger partial charge < -0.3 is 15.4 Å². The van der Waals surface area contributed by atoms with Gasteiger partial charge in [-0.1, -0.05) is 30.3 Å². The topological polar surface area (TPSA) is 75.3 Å². The molecule has 0 saturated carbocycles. The molecule has 2 amide bonds. The minimum atomic E-state index is -0.269. The van der Waals surface area contributed by atoms with E-state index in [1.54, 1.807) is 12.3 Å². The lowest BCUT2D eigenvalue weighted by Gasteiger charge is -2.11. The van der Waals surface area contributed by atoms with Crippen molar-refractivity contribution in [1.82, 2.24) is 10.3 Å². The molecule has 144 valence electrons. The van der Waals surface area contributed by atoms with Crippen LogP contribution in [0.15, 0.2) is 72.9 Å². The van der Waals surface area contributed by atoms with Crippen LogP contribution in [-0.2, 0) is 6.61 Å². The number of nitrogens with zero attached hydrogens (tertiary/aromatic N) is 1. The summed E-state index contributed by atoms with van der Waals surface area (Å²) in [6, 6.07) is 21.2. The summed E-state index contributed by atoms with van der Waals surface area (Å²) < 4.78 is 5.79. The first-order valence-electron chi connectivity index (χ1n) is 9.16. The number of amides is 2. The van der Waals surface area contributed by atoms with Gasteiger partial charge in [-0.3, -0.25) is 5.32 Å². The Hall–Kier alpha value is -3.54. The first kappa shape index (κ1) is 19.2. The number of aromatic nitrogens is 1. The molecule has 6 nitrogen and oxygen atoms in total. The third kappa shape index (κ3) is 6.02. The van der Waals surface area contributed by atoms with Crippen LogP contribution in [0.4, 0.5) is 22.0 Å². The Morgan fingerprint density at radius 1 is 0.964 bits per heavy atom. The minimum absolute atomic E-state index is 0.0700. The normalized spacial score (nSPS) is 10.4. The average molecular weight is 376 g/mol. The number of pyridine rings is 1. The van der Waals surface area contributed by atoms with Gasteiger partial charge in [-0.2, -0.15) is 0 Å². The molecule has 0 spiro atoms. The number of ether oxygens (including phenoxy) is 1. The fourth-order valence-corrected chi connectivity index (χ4v) is 2.50. The SMILES string of the molecule is CC(C)NC(=O)Nc1ccc(Nc2ccc(OCc3ccccc3)cc2)cn1. The molecule has 3 rings (SSSR count). The maximum absolute atomic E-state index is 11.7. The summed E-state index contributed by atoms with van der Waals surface area (Å²) >= 11 is 0. The van der Waals surface area contributed by atoms with E-state index in [4.69, 9.17) is 4.74 Å². The first-order chi connectivity index (χ1) is 13.6. The number of nitrogens with one attached hydrogen (secondary N) is 3. The van der Waals surface area contributed by atoms with Crippen LogP contribution in [-0.4, -0.2) is 17.1 Å². The predicted molar refractivity (Wildman–Crippen MR) is 112 cm³/mol. The van der Waals surface area contributed by atoms with E-state index in [2.05, 4.69) is 20.9 Å². The number of anilines is 3. The van der Waals surface area contributed by atoms with E-state index in [0.717, 1.165) is 22.7 Å². The quantitative estimate of drug-likeness (QED) is 0.546. The Bertz CT molecular complexity index is 879. The Balaban J connectivity index is 1.51. The van der Waals surface area contributed by atoms with Crippen LogP contribution in [0, 0.1) is 0 Å². The standard InChI is InChI=1S/C22H24N4O2/c1-16(2)24-22(27)26-21-13-10-19(14-23-21)25-18-8-11-20(12-9-18)28-15-17-6-4-3-5-7-17/h3-14,16,25H,15H2,1-2H3,(H2,23,24,26,27). The monoisotopic (exact) mass is 376 g/mol. The van der Waals surface area contributed by atoms with Crippen LogP contribution in [0.3, 0.4) is 0 Å². The molecule has 2 aromatic carbocycles. The molecule has 0 aliphatic rings. The van der Waals surface area contributed by atoms with E-state index >= 15 is 0 Å². The molecule has 0 aliphatic heterocycles. The fraction of sp³-hybridized carbons (Fsp3) is 0.182. The second kappa shape index (κ2) is 9.41. The third-order valence-corrected chi connectivity index (χ3v) is 3.82. The molecule has 0 unspecified atom stereocenters. The van der Waals surface area contributed by atoms with E-state index in [-0.39, 0.29) is 12.1 Å². The van der Waals surface area contributed by atoms with Gasteiger partial charge in [0.2, 0.25) is 0 Å². The Morgan fingerprint density at radius 3 is 2.32 bits per heavy atom. The summed E-state index contributed by atoms with van der Waals surface area (Å²) in [6.45, 7) is 4.34. The van der Waals surface area contributed by atoms with Crippen molar-refractivity contribution in [3.05, 3.63) is 78.5 Å². The van der Waals surface area contributed by atoms with Crippen molar-refractivity contribution in [2.75, 3.05) is 10.6 Å². The molecule has 28 heavy (non-hydrogen) atoms. The smallest absolute Gasteiger partial charge is 0.320 e. The molecule has 3 aromatic rings. The van der Waals surface area contributed by atoms with E-state index in [9.17, 15) is 4.79 Å². The van der Waals surface area contributed by atoms with Crippen LogP contribution in [0.5, 0.6) is 5.75 Å². The van der Waals surface area contributed by atoms with E-state index < -0.39 is 0 Å². The van der Waals surface area contributed by atoms with Gasteiger partial charge in [0.25, 0.3) is 0 Å². The fourth-order valence-electron chi connectivity index (χ4n) is 2.50. The zero-order valence-corrected chi connectivity index (χ0v) is 16.0. The van der Waals surface area contributed by atoms with Crippen molar-refractivity contribution in [2.45, 2.75) is 26.5 Å². The summed E-state index contributed by atoms with van der Waals surface area (Å²) in [5.74, 6) is 1.30. The largest absolute Gasteiger partial charge is 0.489 e. The van der Waals surface area contributed by atoms with Gasteiger partial charge in [0.1, 0.15) is 18.2 Å². The maximum atomic E-state index is 11.7. The lowest BCUT2D eigenvalue weighted by molar-refractivity contribution is 0.250. The van der Waals surface area contributed by atoms with Gasteiger partial charge in [0.15, 0.2) is 0 Å². The molecule has 3 N–H and O–H groups in total. The second-order valence-corrected chi connectivity index (χ2v) is 6.61. The predicted octanol–water partition coefficient (Wildman–Crippen LogP) is 4.93. The number of carbonyl (C=O) groups is 1. The van der Waals surface area contributed by atoms with Crippen molar-refractivity contribution in [1.29, 1.82) is 0 Å². The zero-order valence-electron chi connectivity index (χ0n) is 16.0. The van der Waals surface area contributed by atoms with Crippen LogP contribution < -0.4 is 20.7 Å². The number of hydrogen-bond donors (Lipinski definition) is 3. The van der Waals surface area contributed by atoms with Gasteiger partial charge in [0, 0.05) is 11.7 Å².